The van der Waals surface area contributed by atoms with Crippen LogP contribution in [-0.2, 0) is 19.1 Å². The van der Waals surface area contributed by atoms with Gasteiger partial charge >= 0.3 is 12.1 Å². The molecule has 2 aromatic carbocycles. The molecule has 1 unspecified atom stereocenters. The number of halogens is 5. The maximum Gasteiger partial charge on any atom is 0.455 e. The number of hydrogen-bond acceptors (Lipinski definition) is 5. The van der Waals surface area contributed by atoms with Gasteiger partial charge in [0.05, 0.1) is 18.8 Å². The number of ether oxygens (including phenoxy) is 1. The van der Waals surface area contributed by atoms with Crippen molar-refractivity contribution < 1.29 is 46.2 Å². The van der Waals surface area contributed by atoms with Crippen LogP contribution in [0.25, 0.3) is 11.1 Å². The zero-order valence-electron chi connectivity index (χ0n) is 19.5. The van der Waals surface area contributed by atoms with Gasteiger partial charge in [-0.25, -0.2) is 0 Å². The van der Waals surface area contributed by atoms with Crippen molar-refractivity contribution in [1.29, 1.82) is 0 Å². The van der Waals surface area contributed by atoms with Gasteiger partial charge in [-0.15, -0.1) is 0 Å². The summed E-state index contributed by atoms with van der Waals surface area (Å²) in [6.45, 7) is -1.52. The van der Waals surface area contributed by atoms with Gasteiger partial charge in [0.25, 0.3) is 17.7 Å². The first-order valence-electron chi connectivity index (χ1n) is 11.2. The summed E-state index contributed by atoms with van der Waals surface area (Å²) in [4.78, 5) is 40.2. The number of rotatable bonds is 9. The highest BCUT2D eigenvalue weighted by Gasteiger charge is 2.57. The molecular weight excluding hydrogens is 505 g/mol. The highest BCUT2D eigenvalue weighted by Crippen LogP contribution is 2.40. The Kier molecular flexibility index (Phi) is 8.49. The zero-order valence-corrected chi connectivity index (χ0v) is 19.5. The van der Waals surface area contributed by atoms with Gasteiger partial charge in [-0.1, -0.05) is 42.5 Å². The third-order valence-electron chi connectivity index (χ3n) is 5.59. The van der Waals surface area contributed by atoms with Crippen molar-refractivity contribution in [3.05, 3.63) is 54.1 Å². The lowest BCUT2D eigenvalue weighted by atomic mass is 9.95. The van der Waals surface area contributed by atoms with Gasteiger partial charge in [0.1, 0.15) is 6.04 Å². The highest BCUT2D eigenvalue weighted by molar-refractivity contribution is 6.09. The van der Waals surface area contributed by atoms with E-state index in [0.29, 0.717) is 22.4 Å². The Hall–Kier alpha value is -3.58. The maximum absolute atomic E-state index is 13.5. The molecule has 0 radical (unpaired) electrons. The molecule has 0 spiro atoms. The minimum Gasteiger partial charge on any atom is -0.395 e. The summed E-state index contributed by atoms with van der Waals surface area (Å²) in [5.41, 5.74) is 2.00. The Bertz CT molecular complexity index is 1160. The second kappa shape index (κ2) is 11.2. The minimum absolute atomic E-state index is 0.127. The Balaban J connectivity index is 1.92. The van der Waals surface area contributed by atoms with Crippen molar-refractivity contribution >= 4 is 23.4 Å². The van der Waals surface area contributed by atoms with Crippen LogP contribution in [0, 0.1) is 0 Å². The van der Waals surface area contributed by atoms with Gasteiger partial charge in [-0.3, -0.25) is 14.4 Å². The van der Waals surface area contributed by atoms with E-state index >= 15 is 0 Å². The molecule has 0 fully saturated rings. The molecule has 8 nitrogen and oxygen atoms in total. The number of para-hydroxylation sites is 1. The summed E-state index contributed by atoms with van der Waals surface area (Å²) in [6, 6.07) is 12.0. The fourth-order valence-corrected chi connectivity index (χ4v) is 3.85. The lowest BCUT2D eigenvalue weighted by Crippen LogP contribution is -2.54. The molecule has 1 aliphatic rings. The van der Waals surface area contributed by atoms with Gasteiger partial charge in [0.15, 0.2) is 0 Å². The number of alkyl halides is 5. The standard InChI is InChI=1S/C24H24F5N3O5/c1-2-37-19(20(34)30-13-23(25,26)24(27,28)29)21(35)31-18-16-9-4-3-7-14(16)15-8-5-6-10-17(15)32(11-12-33)22(18)36/h3-10,18-19,33H,2,11-13H2,1H3,(H,30,34)(H,31,35)/t18?,19-/m0/s1. The number of aliphatic hydroxyl groups is 1. The quantitative estimate of drug-likeness (QED) is 0.342. The van der Waals surface area contributed by atoms with Crippen molar-refractivity contribution in [3.63, 3.8) is 0 Å². The van der Waals surface area contributed by atoms with Crippen molar-refractivity contribution in [3.8, 4) is 11.1 Å². The van der Waals surface area contributed by atoms with Crippen molar-refractivity contribution in [2.45, 2.75) is 31.2 Å². The van der Waals surface area contributed by atoms with Crippen LogP contribution in [0.5, 0.6) is 0 Å². The predicted molar refractivity (Wildman–Crippen MR) is 122 cm³/mol. The van der Waals surface area contributed by atoms with Crippen LogP contribution in [0.4, 0.5) is 27.6 Å². The van der Waals surface area contributed by atoms with E-state index in [1.54, 1.807) is 48.5 Å². The minimum atomic E-state index is -5.91. The summed E-state index contributed by atoms with van der Waals surface area (Å²) in [5, 5.41) is 13.3. The smallest absolute Gasteiger partial charge is 0.395 e. The number of carbonyl (C=O) groups excluding carboxylic acids is 3. The topological polar surface area (TPSA) is 108 Å². The van der Waals surface area contributed by atoms with Crippen LogP contribution in [-0.4, -0.2) is 67.3 Å². The van der Waals surface area contributed by atoms with Crippen molar-refractivity contribution in [2.75, 3.05) is 31.2 Å². The van der Waals surface area contributed by atoms with E-state index in [9.17, 15) is 41.4 Å². The summed E-state index contributed by atoms with van der Waals surface area (Å²) in [6.07, 6.45) is -8.03. The largest absolute Gasteiger partial charge is 0.455 e. The Morgan fingerprint density at radius 1 is 1.03 bits per heavy atom. The number of anilines is 1. The number of benzene rings is 2. The van der Waals surface area contributed by atoms with E-state index in [0.717, 1.165) is 0 Å². The molecule has 200 valence electrons. The predicted octanol–water partition coefficient (Wildman–Crippen LogP) is 2.57. The van der Waals surface area contributed by atoms with Gasteiger partial charge < -0.3 is 25.4 Å². The first-order chi connectivity index (χ1) is 17.4. The number of nitrogens with zero attached hydrogens (tertiary/aromatic N) is 1. The Labute approximate surface area is 208 Å². The fraction of sp³-hybridized carbons (Fsp3) is 0.375. The number of nitrogens with one attached hydrogen (secondary N) is 2. The molecule has 3 rings (SSSR count). The molecule has 0 saturated carbocycles. The van der Waals surface area contributed by atoms with Crippen LogP contribution in [0.1, 0.15) is 18.5 Å². The summed E-state index contributed by atoms with van der Waals surface area (Å²) < 4.78 is 69.0. The third-order valence-corrected chi connectivity index (χ3v) is 5.59. The Morgan fingerprint density at radius 2 is 1.65 bits per heavy atom. The number of carbonyl (C=O) groups is 3. The van der Waals surface area contributed by atoms with E-state index < -0.39 is 55.1 Å². The maximum atomic E-state index is 13.5. The van der Waals surface area contributed by atoms with Gasteiger partial charge in [0, 0.05) is 18.7 Å². The van der Waals surface area contributed by atoms with Crippen LogP contribution >= 0.6 is 0 Å². The second-order valence-electron chi connectivity index (χ2n) is 8.01. The Morgan fingerprint density at radius 3 is 2.27 bits per heavy atom. The number of β-amino-alcohol motifs (C(OH)–C–C–N with tert-alkyl or cyclic N) is 1. The second-order valence-corrected chi connectivity index (χ2v) is 8.01. The summed E-state index contributed by atoms with van der Waals surface area (Å²) in [7, 11) is 0. The van der Waals surface area contributed by atoms with Gasteiger partial charge in [-0.2, -0.15) is 22.0 Å². The molecule has 3 N–H and O–H groups in total. The van der Waals surface area contributed by atoms with Gasteiger partial charge in [-0.05, 0) is 24.1 Å². The first kappa shape index (κ1) is 28.0. The van der Waals surface area contributed by atoms with E-state index in [2.05, 4.69) is 5.32 Å². The molecule has 1 heterocycles. The van der Waals surface area contributed by atoms with Crippen LogP contribution < -0.4 is 15.5 Å². The first-order valence-corrected chi connectivity index (χ1v) is 11.2. The zero-order chi connectivity index (χ0) is 27.4. The van der Waals surface area contributed by atoms with Crippen molar-refractivity contribution in [2.24, 2.45) is 0 Å². The van der Waals surface area contributed by atoms with E-state index in [1.165, 1.54) is 17.1 Å². The molecule has 1 aliphatic heterocycles. The molecule has 2 aromatic rings. The monoisotopic (exact) mass is 529 g/mol. The molecule has 2 atom stereocenters. The average Bonchev–Trinajstić information content (AvgIpc) is 2.95. The number of aliphatic hydroxyl groups excluding tert-OH is 1. The molecule has 13 heteroatoms. The number of amides is 3. The highest BCUT2D eigenvalue weighted by atomic mass is 19.4. The van der Waals surface area contributed by atoms with Crippen LogP contribution in [0.3, 0.4) is 0 Å². The number of fused-ring (bicyclic) bond motifs is 3. The SMILES string of the molecule is CCO[C@@H](C(=O)NCC(F)(F)C(F)(F)F)C(=O)NC1C(=O)N(CCO)c2ccccc2-c2ccccc21. The van der Waals surface area contributed by atoms with Crippen molar-refractivity contribution in [1.82, 2.24) is 10.6 Å². The summed E-state index contributed by atoms with van der Waals surface area (Å²) >= 11 is 0. The average molecular weight is 529 g/mol. The lowest BCUT2D eigenvalue weighted by Gasteiger charge is -2.27. The summed E-state index contributed by atoms with van der Waals surface area (Å²) in [5.74, 6) is -8.66. The molecule has 0 saturated heterocycles. The van der Waals surface area contributed by atoms with Crippen LogP contribution in [0.2, 0.25) is 0 Å². The third kappa shape index (κ3) is 5.88. The van der Waals surface area contributed by atoms with E-state index in [1.807, 2.05) is 0 Å². The molecule has 0 aromatic heterocycles. The van der Waals surface area contributed by atoms with E-state index in [4.69, 9.17) is 4.74 Å². The molecule has 3 amide bonds. The number of hydrogen-bond donors (Lipinski definition) is 3. The lowest BCUT2D eigenvalue weighted by molar-refractivity contribution is -0.278. The molecule has 37 heavy (non-hydrogen) atoms. The van der Waals surface area contributed by atoms with Crippen LogP contribution in [0.15, 0.2) is 48.5 Å². The molecule has 0 bridgehead atoms. The molecular formula is C24H24F5N3O5. The van der Waals surface area contributed by atoms with Gasteiger partial charge in [0.2, 0.25) is 6.10 Å². The normalized spacial score (nSPS) is 16.4. The molecule has 0 aliphatic carbocycles. The fourth-order valence-electron chi connectivity index (χ4n) is 3.85. The van der Waals surface area contributed by atoms with E-state index in [-0.39, 0.29) is 13.2 Å².